The molecule has 0 saturated carbocycles. The molecule has 3 rings (SSSR count). The molecule has 0 aliphatic rings. The number of rotatable bonds is 3. The van der Waals surface area contributed by atoms with Gasteiger partial charge in [-0.25, -0.2) is 4.39 Å². The second kappa shape index (κ2) is 6.34. The van der Waals surface area contributed by atoms with E-state index < -0.39 is 0 Å². The summed E-state index contributed by atoms with van der Waals surface area (Å²) in [6.45, 7) is 3.65. The van der Waals surface area contributed by atoms with Crippen LogP contribution in [0, 0.1) is 19.7 Å². The average Bonchev–Trinajstić information content (AvgIpc) is 2.97. The average molecular weight is 325 g/mol. The molecule has 1 amide bonds. The molecule has 0 aliphatic heterocycles. The van der Waals surface area contributed by atoms with E-state index in [1.54, 1.807) is 19.1 Å². The predicted molar refractivity (Wildman–Crippen MR) is 93.6 cm³/mol. The first-order chi connectivity index (χ1) is 11.1. The SMILES string of the molecule is Cc1cc(-c2ccccc2NC(=O)c2sccc2C)ccc1F. The van der Waals surface area contributed by atoms with Crippen LogP contribution in [0.2, 0.25) is 0 Å². The van der Waals surface area contributed by atoms with Crippen LogP contribution in [0.4, 0.5) is 10.1 Å². The number of anilines is 1. The maximum atomic E-state index is 13.5. The van der Waals surface area contributed by atoms with Gasteiger partial charge in [0.15, 0.2) is 0 Å². The van der Waals surface area contributed by atoms with Gasteiger partial charge in [-0.2, -0.15) is 0 Å². The molecular weight excluding hydrogens is 309 g/mol. The van der Waals surface area contributed by atoms with E-state index in [4.69, 9.17) is 0 Å². The second-order valence-corrected chi connectivity index (χ2v) is 6.31. The first-order valence-corrected chi connectivity index (χ1v) is 8.15. The molecule has 1 N–H and O–H groups in total. The quantitative estimate of drug-likeness (QED) is 0.684. The molecule has 0 radical (unpaired) electrons. The highest BCUT2D eigenvalue weighted by Crippen LogP contribution is 2.30. The number of hydrogen-bond acceptors (Lipinski definition) is 2. The molecule has 0 unspecified atom stereocenters. The van der Waals surface area contributed by atoms with Crippen LogP contribution in [-0.2, 0) is 0 Å². The Labute approximate surface area is 138 Å². The molecule has 2 nitrogen and oxygen atoms in total. The Balaban J connectivity index is 1.96. The molecule has 0 atom stereocenters. The molecule has 0 aliphatic carbocycles. The number of carbonyl (C=O) groups excluding carboxylic acids is 1. The van der Waals surface area contributed by atoms with E-state index in [-0.39, 0.29) is 11.7 Å². The summed E-state index contributed by atoms with van der Waals surface area (Å²) in [5.41, 5.74) is 4.01. The van der Waals surface area contributed by atoms with Crippen molar-refractivity contribution in [2.75, 3.05) is 5.32 Å². The number of thiophene rings is 1. The van der Waals surface area contributed by atoms with E-state index in [0.717, 1.165) is 22.4 Å². The molecule has 0 saturated heterocycles. The number of hydrogen-bond donors (Lipinski definition) is 1. The third-order valence-electron chi connectivity index (χ3n) is 3.71. The maximum absolute atomic E-state index is 13.5. The lowest BCUT2D eigenvalue weighted by Gasteiger charge is -2.12. The zero-order chi connectivity index (χ0) is 16.4. The lowest BCUT2D eigenvalue weighted by atomic mass is 10.0. The summed E-state index contributed by atoms with van der Waals surface area (Å²) in [4.78, 5) is 13.1. The Hall–Kier alpha value is -2.46. The Morgan fingerprint density at radius 3 is 2.52 bits per heavy atom. The van der Waals surface area contributed by atoms with Gasteiger partial charge in [0.2, 0.25) is 0 Å². The normalized spacial score (nSPS) is 10.6. The molecule has 23 heavy (non-hydrogen) atoms. The minimum atomic E-state index is -0.232. The smallest absolute Gasteiger partial charge is 0.266 e. The number of nitrogens with one attached hydrogen (secondary N) is 1. The monoisotopic (exact) mass is 325 g/mol. The van der Waals surface area contributed by atoms with Crippen molar-refractivity contribution in [1.82, 2.24) is 0 Å². The van der Waals surface area contributed by atoms with E-state index in [9.17, 15) is 9.18 Å². The molecule has 0 spiro atoms. The van der Waals surface area contributed by atoms with Gasteiger partial charge in [-0.05, 0) is 60.2 Å². The fourth-order valence-electron chi connectivity index (χ4n) is 2.44. The Kier molecular flexibility index (Phi) is 4.26. The zero-order valence-electron chi connectivity index (χ0n) is 12.9. The van der Waals surface area contributed by atoms with Crippen LogP contribution in [0.3, 0.4) is 0 Å². The van der Waals surface area contributed by atoms with Gasteiger partial charge >= 0.3 is 0 Å². The van der Waals surface area contributed by atoms with Crippen molar-refractivity contribution in [3.05, 3.63) is 75.7 Å². The van der Waals surface area contributed by atoms with Crippen molar-refractivity contribution in [1.29, 1.82) is 0 Å². The molecule has 0 fully saturated rings. The van der Waals surface area contributed by atoms with Gasteiger partial charge in [0.1, 0.15) is 5.82 Å². The van der Waals surface area contributed by atoms with Crippen molar-refractivity contribution in [3.63, 3.8) is 0 Å². The highest BCUT2D eigenvalue weighted by Gasteiger charge is 2.13. The van der Waals surface area contributed by atoms with Crippen molar-refractivity contribution in [3.8, 4) is 11.1 Å². The number of carbonyl (C=O) groups is 1. The van der Waals surface area contributed by atoms with E-state index in [1.807, 2.05) is 42.6 Å². The predicted octanol–water partition coefficient (Wildman–Crippen LogP) is 5.42. The molecular formula is C19H16FNOS. The third kappa shape index (κ3) is 3.17. The topological polar surface area (TPSA) is 29.1 Å². The molecule has 3 aromatic rings. The standard InChI is InChI=1S/C19H16FNOS/c1-12-9-10-23-18(12)19(22)21-17-6-4-3-5-15(17)14-7-8-16(20)13(2)11-14/h3-11H,1-2H3,(H,21,22). The Bertz CT molecular complexity index is 869. The Morgan fingerprint density at radius 2 is 1.83 bits per heavy atom. The Morgan fingerprint density at radius 1 is 1.04 bits per heavy atom. The van der Waals surface area contributed by atoms with Crippen LogP contribution >= 0.6 is 11.3 Å². The summed E-state index contributed by atoms with van der Waals surface area (Å²) in [5.74, 6) is -0.353. The third-order valence-corrected chi connectivity index (χ3v) is 4.73. The maximum Gasteiger partial charge on any atom is 0.266 e. The summed E-state index contributed by atoms with van der Waals surface area (Å²) in [6.07, 6.45) is 0. The number of aryl methyl sites for hydroxylation is 2. The minimum absolute atomic E-state index is 0.121. The van der Waals surface area contributed by atoms with Gasteiger partial charge in [-0.1, -0.05) is 24.3 Å². The number of halogens is 1. The number of amides is 1. The van der Waals surface area contributed by atoms with Gasteiger partial charge < -0.3 is 5.32 Å². The molecule has 4 heteroatoms. The second-order valence-electron chi connectivity index (χ2n) is 5.40. The van der Waals surface area contributed by atoms with Crippen LogP contribution in [0.25, 0.3) is 11.1 Å². The van der Waals surface area contributed by atoms with E-state index >= 15 is 0 Å². The van der Waals surface area contributed by atoms with Crippen LogP contribution < -0.4 is 5.32 Å². The summed E-state index contributed by atoms with van der Waals surface area (Å²) in [6, 6.07) is 14.4. The molecule has 116 valence electrons. The van der Waals surface area contributed by atoms with Crippen LogP contribution in [0.5, 0.6) is 0 Å². The molecule has 1 heterocycles. The minimum Gasteiger partial charge on any atom is -0.321 e. The molecule has 0 bridgehead atoms. The molecule has 2 aromatic carbocycles. The molecule has 1 aromatic heterocycles. The van der Waals surface area contributed by atoms with Gasteiger partial charge in [-0.3, -0.25) is 4.79 Å². The highest BCUT2D eigenvalue weighted by molar-refractivity contribution is 7.12. The van der Waals surface area contributed by atoms with Crippen LogP contribution in [0.15, 0.2) is 53.9 Å². The van der Waals surface area contributed by atoms with Gasteiger partial charge in [0.25, 0.3) is 5.91 Å². The van der Waals surface area contributed by atoms with Crippen molar-refractivity contribution in [2.45, 2.75) is 13.8 Å². The highest BCUT2D eigenvalue weighted by atomic mass is 32.1. The number of benzene rings is 2. The summed E-state index contributed by atoms with van der Waals surface area (Å²) >= 11 is 1.42. The lowest BCUT2D eigenvalue weighted by Crippen LogP contribution is -2.12. The van der Waals surface area contributed by atoms with Gasteiger partial charge in [0, 0.05) is 11.3 Å². The fraction of sp³-hybridized carbons (Fsp3) is 0.105. The van der Waals surface area contributed by atoms with Crippen molar-refractivity contribution in [2.24, 2.45) is 0 Å². The largest absolute Gasteiger partial charge is 0.321 e. The summed E-state index contributed by atoms with van der Waals surface area (Å²) in [7, 11) is 0. The van der Waals surface area contributed by atoms with E-state index in [0.29, 0.717) is 10.4 Å². The zero-order valence-corrected chi connectivity index (χ0v) is 13.7. The lowest BCUT2D eigenvalue weighted by molar-refractivity contribution is 0.103. The van der Waals surface area contributed by atoms with Gasteiger partial charge in [0.05, 0.1) is 4.88 Å². The number of para-hydroxylation sites is 1. The summed E-state index contributed by atoms with van der Waals surface area (Å²) < 4.78 is 13.5. The fourth-order valence-corrected chi connectivity index (χ4v) is 3.26. The van der Waals surface area contributed by atoms with Gasteiger partial charge in [-0.15, -0.1) is 11.3 Å². The van der Waals surface area contributed by atoms with E-state index in [2.05, 4.69) is 5.32 Å². The van der Waals surface area contributed by atoms with Crippen molar-refractivity contribution < 1.29 is 9.18 Å². The van der Waals surface area contributed by atoms with Crippen LogP contribution in [-0.4, -0.2) is 5.91 Å². The first kappa shape index (κ1) is 15.4. The first-order valence-electron chi connectivity index (χ1n) is 7.27. The van der Waals surface area contributed by atoms with Crippen LogP contribution in [0.1, 0.15) is 20.8 Å². The summed E-state index contributed by atoms with van der Waals surface area (Å²) in [5, 5.41) is 4.87. The van der Waals surface area contributed by atoms with E-state index in [1.165, 1.54) is 17.4 Å². The van der Waals surface area contributed by atoms with Crippen molar-refractivity contribution >= 4 is 22.9 Å².